The monoisotopic (exact) mass is 443 g/mol. The van der Waals surface area contributed by atoms with E-state index in [9.17, 15) is 0 Å². The molecule has 0 aliphatic heterocycles. The van der Waals surface area contributed by atoms with Crippen LogP contribution in [-0.2, 0) is 20.1 Å². The van der Waals surface area contributed by atoms with Crippen LogP contribution in [0.2, 0.25) is 0 Å². The Bertz CT molecular complexity index is 571. The first-order chi connectivity index (χ1) is 8.92. The van der Waals surface area contributed by atoms with Gasteiger partial charge in [-0.2, -0.15) is 0 Å². The molecule has 5 rings (SSSR count). The van der Waals surface area contributed by atoms with E-state index in [1.807, 2.05) is 18.3 Å². The van der Waals surface area contributed by atoms with Crippen LogP contribution >= 0.6 is 0 Å². The molecule has 0 atom stereocenters. The van der Waals surface area contributed by atoms with Crippen molar-refractivity contribution >= 4 is 0 Å². The molecule has 1 radical (unpaired) electrons. The Labute approximate surface area is 135 Å². The summed E-state index contributed by atoms with van der Waals surface area (Å²) in [5, 5.41) is 0. The first-order valence-electron chi connectivity index (χ1n) is 6.89. The topological polar surface area (TPSA) is 12.9 Å². The summed E-state index contributed by atoms with van der Waals surface area (Å²) in [7, 11) is 0. The van der Waals surface area contributed by atoms with Crippen LogP contribution in [0.1, 0.15) is 56.1 Å². The number of fused-ring (bicyclic) bond motifs is 2. The van der Waals surface area contributed by atoms with Crippen molar-refractivity contribution < 1.29 is 20.1 Å². The molecule has 0 N–H and O–H groups in total. The molecular formula is C18H20IrN-. The second kappa shape index (κ2) is 6.20. The number of pyridine rings is 1. The Hall–Kier alpha value is -0.981. The first-order valence-corrected chi connectivity index (χ1v) is 6.89. The van der Waals surface area contributed by atoms with Crippen LogP contribution in [0.5, 0.6) is 0 Å². The molecule has 1 aromatic carbocycles. The third kappa shape index (κ3) is 2.47. The zero-order valence-corrected chi connectivity index (χ0v) is 13.1. The Kier molecular flexibility index (Phi) is 4.78. The minimum Gasteiger partial charge on any atom is -0.305 e. The standard InChI is InChI=1S/C17H16N.CH4.Ir/c1-2-10-18-17(3-1)14-8-9-15-12-4-6-13(7-5-12)16(15)11-14;;/h1-3,9-13H,4-7H2;1H4;/q-1;;. The predicted molar refractivity (Wildman–Crippen MR) is 79.2 cm³/mol. The van der Waals surface area contributed by atoms with Gasteiger partial charge in [0.25, 0.3) is 0 Å². The van der Waals surface area contributed by atoms with Gasteiger partial charge in [-0.05, 0) is 30.5 Å². The third-order valence-electron chi connectivity index (χ3n) is 4.56. The second-order valence-corrected chi connectivity index (χ2v) is 5.52. The number of hydrogen-bond donors (Lipinski definition) is 0. The zero-order chi connectivity index (χ0) is 11.9. The quantitative estimate of drug-likeness (QED) is 0.571. The fourth-order valence-electron chi connectivity index (χ4n) is 3.61. The molecule has 20 heavy (non-hydrogen) atoms. The van der Waals surface area contributed by atoms with E-state index < -0.39 is 0 Å². The van der Waals surface area contributed by atoms with Crippen LogP contribution in [0, 0.1) is 6.07 Å². The molecule has 1 aromatic heterocycles. The van der Waals surface area contributed by atoms with Gasteiger partial charge in [-0.1, -0.05) is 38.3 Å². The van der Waals surface area contributed by atoms with Crippen LogP contribution in [0.15, 0.2) is 36.5 Å². The smallest absolute Gasteiger partial charge is 0.0160 e. The third-order valence-corrected chi connectivity index (χ3v) is 4.56. The molecule has 0 spiro atoms. The van der Waals surface area contributed by atoms with E-state index in [1.54, 1.807) is 11.1 Å². The Morgan fingerprint density at radius 1 is 1.00 bits per heavy atom. The van der Waals surface area contributed by atoms with Gasteiger partial charge in [0.05, 0.1) is 0 Å². The fraction of sp³-hybridized carbons (Fsp3) is 0.389. The molecule has 2 bridgehead atoms. The SMILES string of the molecule is C.[Ir].[c-]1cc2c(cc1-c1ccccn1)C1CCC2CC1. The van der Waals surface area contributed by atoms with Gasteiger partial charge in [-0.15, -0.1) is 34.9 Å². The van der Waals surface area contributed by atoms with E-state index in [0.29, 0.717) is 0 Å². The molecule has 1 nitrogen and oxygen atoms in total. The molecule has 3 aliphatic rings. The maximum atomic E-state index is 4.43. The molecule has 2 aromatic rings. The Morgan fingerprint density at radius 2 is 1.70 bits per heavy atom. The molecule has 0 amide bonds. The van der Waals surface area contributed by atoms with Crippen molar-refractivity contribution in [2.75, 3.05) is 0 Å². The molecule has 1 heterocycles. The molecule has 1 fully saturated rings. The van der Waals surface area contributed by atoms with Gasteiger partial charge in [-0.25, -0.2) is 0 Å². The number of benzene rings is 1. The van der Waals surface area contributed by atoms with Crippen LogP contribution in [0.3, 0.4) is 0 Å². The summed E-state index contributed by atoms with van der Waals surface area (Å²) in [6.07, 6.45) is 7.38. The normalized spacial score (nSPS) is 22.4. The number of nitrogens with zero attached hydrogens (tertiary/aromatic N) is 1. The Morgan fingerprint density at radius 3 is 2.35 bits per heavy atom. The van der Waals surface area contributed by atoms with Gasteiger partial charge in [0.15, 0.2) is 0 Å². The molecular weight excluding hydrogens is 422 g/mol. The largest absolute Gasteiger partial charge is 0.305 e. The molecule has 3 aliphatic carbocycles. The van der Waals surface area contributed by atoms with E-state index in [-0.39, 0.29) is 27.5 Å². The van der Waals surface area contributed by atoms with Crippen molar-refractivity contribution in [2.24, 2.45) is 0 Å². The van der Waals surface area contributed by atoms with Crippen LogP contribution in [-0.4, -0.2) is 4.98 Å². The zero-order valence-electron chi connectivity index (χ0n) is 10.7. The van der Waals surface area contributed by atoms with E-state index >= 15 is 0 Å². The van der Waals surface area contributed by atoms with Crippen LogP contribution in [0.25, 0.3) is 11.3 Å². The van der Waals surface area contributed by atoms with E-state index in [2.05, 4.69) is 29.2 Å². The summed E-state index contributed by atoms with van der Waals surface area (Å²) >= 11 is 0. The van der Waals surface area contributed by atoms with Crippen molar-refractivity contribution in [1.82, 2.24) is 4.98 Å². The van der Waals surface area contributed by atoms with E-state index in [0.717, 1.165) is 23.1 Å². The van der Waals surface area contributed by atoms with Crippen LogP contribution in [0.4, 0.5) is 0 Å². The minimum absolute atomic E-state index is 0. The van der Waals surface area contributed by atoms with Crippen molar-refractivity contribution in [2.45, 2.75) is 44.9 Å². The summed E-state index contributed by atoms with van der Waals surface area (Å²) in [5.41, 5.74) is 5.35. The summed E-state index contributed by atoms with van der Waals surface area (Å²) in [6, 6.07) is 14.1. The molecule has 107 valence electrons. The summed E-state index contributed by atoms with van der Waals surface area (Å²) < 4.78 is 0. The summed E-state index contributed by atoms with van der Waals surface area (Å²) in [5.74, 6) is 1.60. The van der Waals surface area contributed by atoms with Crippen molar-refractivity contribution in [3.8, 4) is 11.3 Å². The van der Waals surface area contributed by atoms with Gasteiger partial charge in [0.1, 0.15) is 0 Å². The van der Waals surface area contributed by atoms with Gasteiger partial charge in [0, 0.05) is 26.3 Å². The number of hydrogen-bond acceptors (Lipinski definition) is 1. The number of rotatable bonds is 1. The fourth-order valence-corrected chi connectivity index (χ4v) is 3.61. The summed E-state index contributed by atoms with van der Waals surface area (Å²) in [4.78, 5) is 4.43. The van der Waals surface area contributed by atoms with E-state index in [4.69, 9.17) is 0 Å². The summed E-state index contributed by atoms with van der Waals surface area (Å²) in [6.45, 7) is 0. The number of aromatic nitrogens is 1. The van der Waals surface area contributed by atoms with Gasteiger partial charge < -0.3 is 4.98 Å². The van der Waals surface area contributed by atoms with Gasteiger partial charge in [-0.3, -0.25) is 0 Å². The maximum Gasteiger partial charge on any atom is 0.0160 e. The first kappa shape index (κ1) is 15.4. The van der Waals surface area contributed by atoms with Gasteiger partial charge in [0.2, 0.25) is 0 Å². The molecule has 0 saturated heterocycles. The van der Waals surface area contributed by atoms with Crippen molar-refractivity contribution in [1.29, 1.82) is 0 Å². The minimum atomic E-state index is 0. The average Bonchev–Trinajstić information content (AvgIpc) is 2.49. The Balaban J connectivity index is 0.000000735. The van der Waals surface area contributed by atoms with Crippen molar-refractivity contribution in [3.05, 3.63) is 53.7 Å². The molecule has 2 heteroatoms. The van der Waals surface area contributed by atoms with Crippen LogP contribution < -0.4 is 0 Å². The van der Waals surface area contributed by atoms with E-state index in [1.165, 1.54) is 25.7 Å². The molecule has 0 unspecified atom stereocenters. The maximum absolute atomic E-state index is 4.43. The van der Waals surface area contributed by atoms with Crippen molar-refractivity contribution in [3.63, 3.8) is 0 Å². The molecule has 1 saturated carbocycles. The predicted octanol–water partition coefficient (Wildman–Crippen LogP) is 4.94. The average molecular weight is 443 g/mol. The second-order valence-electron chi connectivity index (χ2n) is 5.52. The van der Waals surface area contributed by atoms with Gasteiger partial charge >= 0.3 is 0 Å².